The number of nitrogen functional groups attached to an aromatic ring is 1. The zero-order valence-electron chi connectivity index (χ0n) is 48.8. The van der Waals surface area contributed by atoms with Crippen molar-refractivity contribution in [2.75, 3.05) is 5.73 Å². The van der Waals surface area contributed by atoms with E-state index in [1.165, 1.54) is 6.20 Å². The third-order valence-corrected chi connectivity index (χ3v) is 9.32. The topological polar surface area (TPSA) is 349 Å². The Morgan fingerprint density at radius 1 is 0.541 bits per heavy atom. The highest BCUT2D eigenvalue weighted by Crippen LogP contribution is 2.26. The number of anilines is 1. The molecule has 3 heterocycles. The fraction of sp³-hybridized carbons (Fsp3) is 0.673. The quantitative estimate of drug-likeness (QED) is 0.120. The molecule has 3 aromatic heterocycles. The number of nitrogens with one attached hydrogen (secondary N) is 3. The predicted molar refractivity (Wildman–Crippen MR) is 293 cm³/mol. The number of carbonyl (C=O) groups is 5. The lowest BCUT2D eigenvalue weighted by Crippen LogP contribution is -2.53. The minimum Gasteiger partial charge on any atom is -0.480 e. The Labute approximate surface area is 445 Å². The molecule has 0 radical (unpaired) electrons. The molecule has 0 saturated heterocycles. The maximum absolute atomic E-state index is 11.5. The van der Waals surface area contributed by atoms with Crippen LogP contribution in [0.2, 0.25) is 5.15 Å². The molecule has 0 aliphatic carbocycles. The number of nitrogens with zero attached hydrogens (tertiary/aromatic N) is 5. The lowest BCUT2D eigenvalue weighted by Gasteiger charge is -2.29. The number of hydrogen-bond donors (Lipinski definition) is 8. The van der Waals surface area contributed by atoms with Gasteiger partial charge in [-0.3, -0.25) is 29.3 Å². The Morgan fingerprint density at radius 2 is 0.892 bits per heavy atom. The van der Waals surface area contributed by atoms with Gasteiger partial charge in [0.1, 0.15) is 34.8 Å². The van der Waals surface area contributed by atoms with Gasteiger partial charge in [0.25, 0.3) is 5.56 Å². The number of aromatic nitrogens is 6. The summed E-state index contributed by atoms with van der Waals surface area (Å²) in [6.07, 6.45) is 8.31. The molecule has 0 spiro atoms. The molecule has 4 amide bonds. The van der Waals surface area contributed by atoms with E-state index in [4.69, 9.17) is 49.1 Å². The van der Waals surface area contributed by atoms with Crippen LogP contribution in [0.1, 0.15) is 183 Å². The number of halogens is 1. The summed E-state index contributed by atoms with van der Waals surface area (Å²) in [6.45, 7) is 45.0. The number of amides is 4. The molecule has 21 nitrogen and oxygen atoms in total. The van der Waals surface area contributed by atoms with Gasteiger partial charge in [-0.1, -0.05) is 136 Å². The Morgan fingerprint density at radius 3 is 1.12 bits per heavy atom. The van der Waals surface area contributed by atoms with Gasteiger partial charge >= 0.3 is 18.2 Å². The number of carboxylic acid groups (broad SMARTS) is 1. The van der Waals surface area contributed by atoms with Crippen LogP contribution in [0.25, 0.3) is 0 Å². The fourth-order valence-corrected chi connectivity index (χ4v) is 5.67. The monoisotopic (exact) mass is 1060 g/mol. The first-order valence-corrected chi connectivity index (χ1v) is 24.3. The number of H-pyrrole nitrogens is 1. The Bertz CT molecular complexity index is 2170. The van der Waals surface area contributed by atoms with Gasteiger partial charge in [0.15, 0.2) is 5.15 Å². The second-order valence-electron chi connectivity index (χ2n) is 25.4. The molecule has 74 heavy (non-hydrogen) atoms. The molecular formula is C52H93ClN12O9. The van der Waals surface area contributed by atoms with Gasteiger partial charge in [0.05, 0.1) is 17.4 Å². The summed E-state index contributed by atoms with van der Waals surface area (Å²) < 4.78 is 10.1. The van der Waals surface area contributed by atoms with E-state index in [9.17, 15) is 28.8 Å². The fourth-order valence-electron chi connectivity index (χ4n) is 5.28. The molecule has 12 N–H and O–H groups in total. The Balaban J connectivity index is -0.000000827. The van der Waals surface area contributed by atoms with Crippen LogP contribution in [0, 0.1) is 16.2 Å². The van der Waals surface area contributed by atoms with E-state index >= 15 is 0 Å². The lowest BCUT2D eigenvalue weighted by molar-refractivity contribution is -0.142. The van der Waals surface area contributed by atoms with Crippen molar-refractivity contribution >= 4 is 47.4 Å². The van der Waals surface area contributed by atoms with Gasteiger partial charge in [-0.2, -0.15) is 0 Å². The zero-order valence-corrected chi connectivity index (χ0v) is 49.6. The summed E-state index contributed by atoms with van der Waals surface area (Å²) in [4.78, 5) is 89.5. The largest absolute Gasteiger partial charge is 0.480 e. The number of ether oxygens (including phenoxy) is 2. The highest BCUT2D eigenvalue weighted by molar-refractivity contribution is 6.30. The average Bonchev–Trinajstić information content (AvgIpc) is 3.16. The molecule has 0 bridgehead atoms. The molecule has 0 saturated carbocycles. The summed E-state index contributed by atoms with van der Waals surface area (Å²) in [5.74, 6) is -1.56. The van der Waals surface area contributed by atoms with Crippen molar-refractivity contribution in [1.29, 1.82) is 0 Å². The first-order chi connectivity index (χ1) is 32.8. The van der Waals surface area contributed by atoms with Crippen LogP contribution in [-0.2, 0) is 40.1 Å². The van der Waals surface area contributed by atoms with E-state index in [0.717, 1.165) is 11.4 Å². The van der Waals surface area contributed by atoms with Gasteiger partial charge in [0, 0.05) is 53.4 Å². The number of nitrogens with two attached hydrogens (primary N) is 4. The molecule has 22 heteroatoms. The molecular weight excluding hydrogens is 972 g/mol. The van der Waals surface area contributed by atoms with Crippen LogP contribution < -0.4 is 39.1 Å². The van der Waals surface area contributed by atoms with Crippen molar-refractivity contribution < 1.29 is 38.6 Å². The zero-order chi connectivity index (χ0) is 59.4. The van der Waals surface area contributed by atoms with Crippen molar-refractivity contribution in [3.8, 4) is 0 Å². The Kier molecular flexibility index (Phi) is 28.5. The molecule has 0 fully saturated rings. The molecule has 0 aliphatic heterocycles. The van der Waals surface area contributed by atoms with Gasteiger partial charge in [-0.15, -0.1) is 0 Å². The normalized spacial score (nSPS) is 13.1. The minimum absolute atomic E-state index is 0.0155. The van der Waals surface area contributed by atoms with E-state index in [0.29, 0.717) is 16.7 Å². The molecule has 3 rings (SSSR count). The Hall–Kier alpha value is -5.96. The second kappa shape index (κ2) is 29.2. The maximum atomic E-state index is 11.5. The third-order valence-electron chi connectivity index (χ3n) is 9.04. The van der Waals surface area contributed by atoms with E-state index in [2.05, 4.69) is 82.1 Å². The molecule has 422 valence electrons. The molecule has 3 atom stereocenters. The van der Waals surface area contributed by atoms with Crippen LogP contribution in [0.4, 0.5) is 15.4 Å². The molecule has 3 aromatic rings. The summed E-state index contributed by atoms with van der Waals surface area (Å²) >= 11 is 5.84. The SMILES string of the molecule is CC(C)(C)OC(=O)N[C@H](C(=O)O)C(C)(C)C.CC(C)(C)OC(=O)N[C@H](C(N)=O)C(C)(C)C.CC(C)(C)[C@H](N)C(N)=O.CC(C)(C)c1ncc[nH]c1=O.CC(C)(C)c1nccnc1Cl.CC(C)(C)c1nccnc1N. The highest BCUT2D eigenvalue weighted by Gasteiger charge is 2.35. The molecule has 0 aromatic carbocycles. The number of alkyl carbamates (subject to hydrolysis) is 2. The van der Waals surface area contributed by atoms with Crippen molar-refractivity contribution in [3.05, 3.63) is 69.8 Å². The summed E-state index contributed by atoms with van der Waals surface area (Å²) in [7, 11) is 0. The van der Waals surface area contributed by atoms with E-state index in [-0.39, 0.29) is 27.2 Å². The van der Waals surface area contributed by atoms with Crippen LogP contribution in [0.5, 0.6) is 0 Å². The van der Waals surface area contributed by atoms with Gasteiger partial charge < -0.3 is 53.1 Å². The number of rotatable bonds is 5. The van der Waals surface area contributed by atoms with E-state index < -0.39 is 70.1 Å². The number of aromatic amines is 1. The summed E-state index contributed by atoms with van der Waals surface area (Å²) in [5, 5.41) is 14.3. The number of hydrogen-bond acceptors (Lipinski definition) is 15. The first-order valence-electron chi connectivity index (χ1n) is 23.9. The minimum atomic E-state index is -1.07. The molecule has 0 unspecified atom stereocenters. The number of primary amides is 2. The van der Waals surface area contributed by atoms with Crippen molar-refractivity contribution in [3.63, 3.8) is 0 Å². The van der Waals surface area contributed by atoms with E-state index in [1.54, 1.807) is 93.3 Å². The van der Waals surface area contributed by atoms with E-state index in [1.807, 2.05) is 62.3 Å². The average molecular weight is 1070 g/mol. The van der Waals surface area contributed by atoms with Crippen molar-refractivity contribution in [2.24, 2.45) is 33.4 Å². The second-order valence-corrected chi connectivity index (χ2v) is 25.7. The highest BCUT2D eigenvalue weighted by atomic mass is 35.5. The van der Waals surface area contributed by atoms with Crippen molar-refractivity contribution in [1.82, 2.24) is 40.5 Å². The van der Waals surface area contributed by atoms with Gasteiger partial charge in [0.2, 0.25) is 11.8 Å². The van der Waals surface area contributed by atoms with Gasteiger partial charge in [-0.25, -0.2) is 24.4 Å². The number of carbonyl (C=O) groups excluding carboxylic acids is 4. The maximum Gasteiger partial charge on any atom is 0.408 e. The number of carboxylic acids is 1. The van der Waals surface area contributed by atoms with Crippen LogP contribution >= 0.6 is 11.6 Å². The third kappa shape index (κ3) is 32.3. The predicted octanol–water partition coefficient (Wildman–Crippen LogP) is 8.12. The summed E-state index contributed by atoms with van der Waals surface area (Å²) in [5.41, 5.74) is 20.8. The first kappa shape index (κ1) is 72.3. The smallest absolute Gasteiger partial charge is 0.408 e. The lowest BCUT2D eigenvalue weighted by atomic mass is 9.86. The van der Waals surface area contributed by atoms with Crippen LogP contribution in [0.15, 0.2) is 42.0 Å². The standard InChI is InChI=1S/C11H22N2O3.C11H21NO4.C8H11ClN2.C8H13N3.C8H12N2O.C6H14N2O/c1-10(2,3)7(8(12)14)13-9(15)16-11(4,5)6;1-10(2,3)7(8(13)14)12-9(15)16-11(4,5)6;2*1-8(2,3)6-7(9)11-5-4-10-6;1-8(2,3)6-7(11)10-5-4-9-6;1-6(2,3)4(7)5(8)9/h7H,1-6H3,(H2,12,14)(H,13,15);7H,1-6H3,(H,12,15)(H,13,14);4-5H,1-3H3;4-5H,1-3H3,(H2,9,11);4-5H,1-3H3,(H,10,11);4H,7H2,1-3H3,(H2,8,9)/t2*7-;;;;4-/m11...1/s1. The van der Waals surface area contributed by atoms with Crippen molar-refractivity contribution in [2.45, 2.75) is 212 Å². The van der Waals surface area contributed by atoms with Crippen LogP contribution in [0.3, 0.4) is 0 Å². The van der Waals surface area contributed by atoms with Crippen LogP contribution in [-0.4, -0.2) is 94.3 Å². The summed E-state index contributed by atoms with van der Waals surface area (Å²) in [6, 6.07) is -2.26. The molecule has 0 aliphatic rings. The van der Waals surface area contributed by atoms with Gasteiger partial charge in [-0.05, 0) is 57.8 Å². The number of aliphatic carboxylic acids is 1.